The van der Waals surface area contributed by atoms with Crippen molar-refractivity contribution in [3.05, 3.63) is 18.2 Å². The van der Waals surface area contributed by atoms with Crippen molar-refractivity contribution in [3.8, 4) is 0 Å². The molecule has 96 valence electrons. The van der Waals surface area contributed by atoms with Crippen molar-refractivity contribution in [2.45, 2.75) is 24.7 Å². The summed E-state index contributed by atoms with van der Waals surface area (Å²) in [7, 11) is -1.26. The maximum absolute atomic E-state index is 11.4. The minimum atomic E-state index is -3.24. The summed E-state index contributed by atoms with van der Waals surface area (Å²) in [6.07, 6.45) is 3.39. The van der Waals surface area contributed by atoms with Gasteiger partial charge >= 0.3 is 0 Å². The second-order valence-corrected chi connectivity index (χ2v) is 6.25. The Morgan fingerprint density at radius 3 is 2.47 bits per heavy atom. The quantitative estimate of drug-likeness (QED) is 0.817. The van der Waals surface area contributed by atoms with Crippen LogP contribution in [-0.4, -0.2) is 28.3 Å². The minimum Gasteiger partial charge on any atom is -0.398 e. The van der Waals surface area contributed by atoms with Crippen molar-refractivity contribution in [1.29, 1.82) is 0 Å². The van der Waals surface area contributed by atoms with E-state index in [1.807, 2.05) is 7.05 Å². The minimum absolute atomic E-state index is 0.199. The number of unbranched alkanes of at least 4 members (excludes halogenated alkanes) is 1. The smallest absolute Gasteiger partial charge is 0.177 e. The SMILES string of the molecule is CCCCN(C)c1ccc(S(C)(=O)=O)c(N)c1. The fourth-order valence-corrected chi connectivity index (χ4v) is 2.44. The van der Waals surface area contributed by atoms with Gasteiger partial charge in [-0.15, -0.1) is 0 Å². The van der Waals surface area contributed by atoms with Crippen LogP contribution in [0.2, 0.25) is 0 Å². The Hall–Kier alpha value is -1.23. The second kappa shape index (κ2) is 5.40. The molecule has 0 spiro atoms. The average molecular weight is 256 g/mol. The van der Waals surface area contributed by atoms with Crippen LogP contribution in [0.3, 0.4) is 0 Å². The second-order valence-electron chi connectivity index (χ2n) is 4.27. The van der Waals surface area contributed by atoms with Crippen molar-refractivity contribution in [3.63, 3.8) is 0 Å². The Labute approximate surface area is 103 Å². The summed E-state index contributed by atoms with van der Waals surface area (Å²) in [5, 5.41) is 0. The molecule has 0 saturated heterocycles. The van der Waals surface area contributed by atoms with E-state index in [0.717, 1.165) is 25.1 Å². The number of sulfone groups is 1. The molecular formula is C12H20N2O2S. The maximum atomic E-state index is 11.4. The van der Waals surface area contributed by atoms with E-state index in [1.165, 1.54) is 6.26 Å². The van der Waals surface area contributed by atoms with E-state index in [9.17, 15) is 8.42 Å². The van der Waals surface area contributed by atoms with Crippen LogP contribution in [0.1, 0.15) is 19.8 Å². The summed E-state index contributed by atoms with van der Waals surface area (Å²) in [6.45, 7) is 3.07. The molecule has 0 amide bonds. The Kier molecular flexibility index (Phi) is 4.40. The first kappa shape index (κ1) is 13.8. The standard InChI is InChI=1S/C12H20N2O2S/c1-4-5-8-14(2)10-6-7-12(11(13)9-10)17(3,15)16/h6-7,9H,4-5,8,13H2,1-3H3. The topological polar surface area (TPSA) is 63.4 Å². The summed E-state index contributed by atoms with van der Waals surface area (Å²) >= 11 is 0. The van der Waals surface area contributed by atoms with E-state index in [-0.39, 0.29) is 4.90 Å². The van der Waals surface area contributed by atoms with Gasteiger partial charge in [0.15, 0.2) is 9.84 Å². The Balaban J connectivity index is 2.97. The highest BCUT2D eigenvalue weighted by atomic mass is 32.2. The molecular weight excluding hydrogens is 236 g/mol. The number of benzene rings is 1. The molecule has 4 nitrogen and oxygen atoms in total. The van der Waals surface area contributed by atoms with Crippen LogP contribution >= 0.6 is 0 Å². The maximum Gasteiger partial charge on any atom is 0.177 e. The van der Waals surface area contributed by atoms with Crippen LogP contribution < -0.4 is 10.6 Å². The van der Waals surface area contributed by atoms with E-state index in [4.69, 9.17) is 5.73 Å². The first-order chi connectivity index (χ1) is 7.86. The van der Waals surface area contributed by atoms with E-state index in [2.05, 4.69) is 11.8 Å². The van der Waals surface area contributed by atoms with Gasteiger partial charge in [-0.3, -0.25) is 0 Å². The number of anilines is 2. The predicted molar refractivity (Wildman–Crippen MR) is 72.1 cm³/mol. The summed E-state index contributed by atoms with van der Waals surface area (Å²) in [5.41, 5.74) is 7.03. The van der Waals surface area contributed by atoms with Gasteiger partial charge in [0.05, 0.1) is 10.6 Å². The number of nitrogens with zero attached hydrogens (tertiary/aromatic N) is 1. The summed E-state index contributed by atoms with van der Waals surface area (Å²) in [6, 6.07) is 5.08. The van der Waals surface area contributed by atoms with E-state index >= 15 is 0 Å². The molecule has 0 fully saturated rings. The van der Waals surface area contributed by atoms with Gasteiger partial charge in [0.1, 0.15) is 0 Å². The third-order valence-corrected chi connectivity index (χ3v) is 3.85. The van der Waals surface area contributed by atoms with Gasteiger partial charge in [0.25, 0.3) is 0 Å². The van der Waals surface area contributed by atoms with Crippen LogP contribution in [0.25, 0.3) is 0 Å². The highest BCUT2D eigenvalue weighted by Crippen LogP contribution is 2.24. The highest BCUT2D eigenvalue weighted by molar-refractivity contribution is 7.90. The number of nitrogens with two attached hydrogens (primary N) is 1. The Morgan fingerprint density at radius 2 is 2.00 bits per heavy atom. The zero-order valence-corrected chi connectivity index (χ0v) is 11.4. The fourth-order valence-electron chi connectivity index (χ4n) is 1.64. The first-order valence-electron chi connectivity index (χ1n) is 5.67. The number of nitrogen functional groups attached to an aromatic ring is 1. The van der Waals surface area contributed by atoms with Crippen molar-refractivity contribution < 1.29 is 8.42 Å². The molecule has 0 saturated carbocycles. The molecule has 1 aromatic rings. The molecule has 0 radical (unpaired) electrons. The molecule has 17 heavy (non-hydrogen) atoms. The third-order valence-electron chi connectivity index (χ3n) is 2.68. The van der Waals surface area contributed by atoms with Crippen LogP contribution in [0.15, 0.2) is 23.1 Å². The molecule has 0 aliphatic rings. The third kappa shape index (κ3) is 3.63. The van der Waals surface area contributed by atoms with Gasteiger partial charge in [-0.05, 0) is 24.6 Å². The Bertz CT molecular complexity index is 483. The zero-order valence-electron chi connectivity index (χ0n) is 10.6. The van der Waals surface area contributed by atoms with Crippen molar-refractivity contribution >= 4 is 21.2 Å². The van der Waals surface area contributed by atoms with E-state index < -0.39 is 9.84 Å². The van der Waals surface area contributed by atoms with Gasteiger partial charge in [-0.1, -0.05) is 13.3 Å². The van der Waals surface area contributed by atoms with Gasteiger partial charge < -0.3 is 10.6 Å². The monoisotopic (exact) mass is 256 g/mol. The average Bonchev–Trinajstić information content (AvgIpc) is 2.23. The van der Waals surface area contributed by atoms with E-state index in [0.29, 0.717) is 5.69 Å². The number of hydrogen-bond acceptors (Lipinski definition) is 4. The van der Waals surface area contributed by atoms with Gasteiger partial charge in [0, 0.05) is 25.5 Å². The van der Waals surface area contributed by atoms with Gasteiger partial charge in [-0.25, -0.2) is 8.42 Å². The lowest BCUT2D eigenvalue weighted by Crippen LogP contribution is -2.18. The molecule has 0 aliphatic heterocycles. The molecule has 0 atom stereocenters. The van der Waals surface area contributed by atoms with Crippen molar-refractivity contribution in [2.24, 2.45) is 0 Å². The molecule has 0 heterocycles. The molecule has 0 bridgehead atoms. The highest BCUT2D eigenvalue weighted by Gasteiger charge is 2.12. The van der Waals surface area contributed by atoms with Crippen LogP contribution in [0.5, 0.6) is 0 Å². The fraction of sp³-hybridized carbons (Fsp3) is 0.500. The lowest BCUT2D eigenvalue weighted by Gasteiger charge is -2.19. The molecule has 1 rings (SSSR count). The molecule has 0 aromatic heterocycles. The van der Waals surface area contributed by atoms with Crippen LogP contribution in [0, 0.1) is 0 Å². The largest absolute Gasteiger partial charge is 0.398 e. The molecule has 0 unspecified atom stereocenters. The predicted octanol–water partition coefficient (Wildman–Crippen LogP) is 1.91. The molecule has 5 heteroatoms. The normalized spacial score (nSPS) is 11.5. The Morgan fingerprint density at radius 1 is 1.35 bits per heavy atom. The summed E-state index contributed by atoms with van der Waals surface area (Å²) < 4.78 is 22.8. The van der Waals surface area contributed by atoms with Gasteiger partial charge in [0.2, 0.25) is 0 Å². The van der Waals surface area contributed by atoms with Crippen molar-refractivity contribution in [1.82, 2.24) is 0 Å². The van der Waals surface area contributed by atoms with E-state index in [1.54, 1.807) is 18.2 Å². The van der Waals surface area contributed by atoms with Crippen LogP contribution in [0.4, 0.5) is 11.4 Å². The molecule has 0 aliphatic carbocycles. The first-order valence-corrected chi connectivity index (χ1v) is 7.56. The lowest BCUT2D eigenvalue weighted by molar-refractivity contribution is 0.602. The van der Waals surface area contributed by atoms with Crippen LogP contribution in [-0.2, 0) is 9.84 Å². The summed E-state index contributed by atoms with van der Waals surface area (Å²) in [5.74, 6) is 0. The lowest BCUT2D eigenvalue weighted by atomic mass is 10.2. The number of rotatable bonds is 5. The zero-order chi connectivity index (χ0) is 13.1. The molecule has 2 N–H and O–H groups in total. The summed E-state index contributed by atoms with van der Waals surface area (Å²) in [4.78, 5) is 2.27. The molecule has 1 aromatic carbocycles. The van der Waals surface area contributed by atoms with Crippen molar-refractivity contribution in [2.75, 3.05) is 30.5 Å². The number of hydrogen-bond donors (Lipinski definition) is 1. The van der Waals surface area contributed by atoms with Gasteiger partial charge in [-0.2, -0.15) is 0 Å².